The number of amides is 1. The van der Waals surface area contributed by atoms with Crippen LogP contribution in [0.3, 0.4) is 0 Å². The van der Waals surface area contributed by atoms with Gasteiger partial charge < -0.3 is 4.90 Å². The van der Waals surface area contributed by atoms with Crippen LogP contribution in [0.15, 0.2) is 36.4 Å². The van der Waals surface area contributed by atoms with Crippen LogP contribution < -0.4 is 0 Å². The van der Waals surface area contributed by atoms with Crippen molar-refractivity contribution >= 4 is 29.1 Å². The summed E-state index contributed by atoms with van der Waals surface area (Å²) in [5, 5.41) is 0.624. The molecule has 4 nitrogen and oxygen atoms in total. The van der Waals surface area contributed by atoms with Crippen LogP contribution in [0.25, 0.3) is 0 Å². The summed E-state index contributed by atoms with van der Waals surface area (Å²) in [6.45, 7) is 6.15. The minimum atomic E-state index is -0.148. The number of aryl methyl sites for hydroxylation is 1. The number of hydrogen-bond donors (Lipinski definition) is 0. The quantitative estimate of drug-likeness (QED) is 0.757. The fourth-order valence-electron chi connectivity index (χ4n) is 3.00. The van der Waals surface area contributed by atoms with E-state index in [2.05, 4.69) is 41.1 Å². The van der Waals surface area contributed by atoms with Crippen LogP contribution in [-0.2, 0) is 6.54 Å². The zero-order chi connectivity index (χ0) is 17.8. The van der Waals surface area contributed by atoms with Crippen molar-refractivity contribution in [1.29, 1.82) is 0 Å². The van der Waals surface area contributed by atoms with Crippen LogP contribution in [0.1, 0.15) is 28.0 Å². The van der Waals surface area contributed by atoms with Gasteiger partial charge in [-0.15, -0.1) is 0 Å². The van der Waals surface area contributed by atoms with Crippen LogP contribution in [0.2, 0.25) is 10.2 Å². The van der Waals surface area contributed by atoms with Crippen molar-refractivity contribution in [3.05, 3.63) is 63.4 Å². The summed E-state index contributed by atoms with van der Waals surface area (Å²) in [6.07, 6.45) is 0.926. The maximum atomic E-state index is 12.7. The van der Waals surface area contributed by atoms with Crippen molar-refractivity contribution in [2.75, 3.05) is 26.2 Å². The largest absolute Gasteiger partial charge is 0.336 e. The number of nitrogens with zero attached hydrogens (tertiary/aromatic N) is 3. The molecule has 1 aromatic heterocycles. The van der Waals surface area contributed by atoms with Crippen molar-refractivity contribution in [2.45, 2.75) is 19.9 Å². The predicted molar refractivity (Wildman–Crippen MR) is 101 cm³/mol. The second kappa shape index (κ2) is 8.17. The molecule has 1 aliphatic heterocycles. The van der Waals surface area contributed by atoms with E-state index in [4.69, 9.17) is 23.2 Å². The molecule has 1 amide bonds. The van der Waals surface area contributed by atoms with Gasteiger partial charge in [0.05, 0.1) is 5.02 Å². The highest BCUT2D eigenvalue weighted by Crippen LogP contribution is 2.19. The number of rotatable bonds is 3. The number of carbonyl (C=O) groups is 1. The lowest BCUT2D eigenvalue weighted by Crippen LogP contribution is -2.35. The van der Waals surface area contributed by atoms with Gasteiger partial charge in [0.1, 0.15) is 10.8 Å². The van der Waals surface area contributed by atoms with E-state index in [0.717, 1.165) is 26.1 Å². The first-order valence-electron chi connectivity index (χ1n) is 8.42. The number of aromatic nitrogens is 1. The van der Waals surface area contributed by atoms with Crippen LogP contribution in [0.4, 0.5) is 0 Å². The average molecular weight is 378 g/mol. The third kappa shape index (κ3) is 4.72. The van der Waals surface area contributed by atoms with E-state index in [0.29, 0.717) is 18.1 Å². The Hall–Kier alpha value is -1.62. The molecule has 6 heteroatoms. The van der Waals surface area contributed by atoms with E-state index in [1.807, 2.05) is 4.90 Å². The Morgan fingerprint density at radius 1 is 1.04 bits per heavy atom. The van der Waals surface area contributed by atoms with Gasteiger partial charge in [0.2, 0.25) is 0 Å². The lowest BCUT2D eigenvalue weighted by atomic mass is 10.1. The first-order valence-corrected chi connectivity index (χ1v) is 9.18. The van der Waals surface area contributed by atoms with Crippen molar-refractivity contribution < 1.29 is 4.79 Å². The lowest BCUT2D eigenvalue weighted by Gasteiger charge is -2.22. The van der Waals surface area contributed by atoms with E-state index in [1.165, 1.54) is 11.1 Å². The maximum absolute atomic E-state index is 12.7. The zero-order valence-electron chi connectivity index (χ0n) is 14.2. The SMILES string of the molecule is Cc1ccc(CN2CCCN(C(=O)c3nc(Cl)ccc3Cl)CC2)cc1. The highest BCUT2D eigenvalue weighted by Gasteiger charge is 2.23. The number of carbonyl (C=O) groups excluding carboxylic acids is 1. The molecule has 0 radical (unpaired) electrons. The van der Waals surface area contributed by atoms with Gasteiger partial charge in [-0.3, -0.25) is 9.69 Å². The van der Waals surface area contributed by atoms with Crippen molar-refractivity contribution in [3.8, 4) is 0 Å². The first-order chi connectivity index (χ1) is 12.0. The molecule has 1 aromatic carbocycles. The molecule has 132 valence electrons. The normalized spacial score (nSPS) is 15.9. The van der Waals surface area contributed by atoms with Gasteiger partial charge in [0, 0.05) is 32.7 Å². The number of hydrogen-bond acceptors (Lipinski definition) is 3. The third-order valence-corrected chi connectivity index (χ3v) is 4.93. The lowest BCUT2D eigenvalue weighted by molar-refractivity contribution is 0.0755. The molecule has 3 rings (SSSR count). The van der Waals surface area contributed by atoms with E-state index >= 15 is 0 Å². The van der Waals surface area contributed by atoms with Gasteiger partial charge in [-0.05, 0) is 31.0 Å². The minimum absolute atomic E-state index is 0.148. The van der Waals surface area contributed by atoms with Crippen molar-refractivity contribution in [3.63, 3.8) is 0 Å². The summed E-state index contributed by atoms with van der Waals surface area (Å²) in [5.74, 6) is -0.148. The zero-order valence-corrected chi connectivity index (χ0v) is 15.7. The Morgan fingerprint density at radius 3 is 2.56 bits per heavy atom. The number of halogens is 2. The van der Waals surface area contributed by atoms with Gasteiger partial charge in [-0.25, -0.2) is 4.98 Å². The Bertz CT molecular complexity index is 749. The molecule has 1 fully saturated rings. The summed E-state index contributed by atoms with van der Waals surface area (Å²) >= 11 is 12.0. The molecule has 25 heavy (non-hydrogen) atoms. The molecule has 0 N–H and O–H groups in total. The van der Waals surface area contributed by atoms with E-state index in [-0.39, 0.29) is 16.8 Å². The Labute approximate surface area is 158 Å². The summed E-state index contributed by atoms with van der Waals surface area (Å²) in [6, 6.07) is 11.8. The maximum Gasteiger partial charge on any atom is 0.274 e. The van der Waals surface area contributed by atoms with E-state index < -0.39 is 0 Å². The van der Waals surface area contributed by atoms with E-state index in [9.17, 15) is 4.79 Å². The molecule has 2 heterocycles. The molecule has 2 aromatic rings. The standard InChI is InChI=1S/C19H21Cl2N3O/c1-14-3-5-15(6-4-14)13-23-9-2-10-24(12-11-23)19(25)18-16(20)7-8-17(21)22-18/h3-8H,2,9-13H2,1H3. The Morgan fingerprint density at radius 2 is 1.80 bits per heavy atom. The van der Waals surface area contributed by atoms with Crippen LogP contribution in [0, 0.1) is 6.92 Å². The average Bonchev–Trinajstić information content (AvgIpc) is 2.84. The topological polar surface area (TPSA) is 36.4 Å². The van der Waals surface area contributed by atoms with Crippen LogP contribution >= 0.6 is 23.2 Å². The van der Waals surface area contributed by atoms with E-state index in [1.54, 1.807) is 12.1 Å². The smallest absolute Gasteiger partial charge is 0.274 e. The van der Waals surface area contributed by atoms with Gasteiger partial charge in [0.25, 0.3) is 5.91 Å². The van der Waals surface area contributed by atoms with Crippen molar-refractivity contribution in [1.82, 2.24) is 14.8 Å². The number of benzene rings is 1. The van der Waals surface area contributed by atoms with Gasteiger partial charge in [-0.1, -0.05) is 53.0 Å². The molecule has 1 saturated heterocycles. The summed E-state index contributed by atoms with van der Waals surface area (Å²) in [5.41, 5.74) is 2.80. The monoisotopic (exact) mass is 377 g/mol. The minimum Gasteiger partial charge on any atom is -0.336 e. The highest BCUT2D eigenvalue weighted by molar-refractivity contribution is 6.34. The second-order valence-electron chi connectivity index (χ2n) is 6.37. The Kier molecular flexibility index (Phi) is 5.94. The second-order valence-corrected chi connectivity index (χ2v) is 7.17. The van der Waals surface area contributed by atoms with Gasteiger partial charge in [0.15, 0.2) is 0 Å². The van der Waals surface area contributed by atoms with Gasteiger partial charge >= 0.3 is 0 Å². The molecule has 0 bridgehead atoms. The van der Waals surface area contributed by atoms with Gasteiger partial charge in [-0.2, -0.15) is 0 Å². The molecule has 0 atom stereocenters. The molecular formula is C19H21Cl2N3O. The molecule has 1 aliphatic rings. The molecule has 0 saturated carbocycles. The Balaban J connectivity index is 1.64. The number of pyridine rings is 1. The first kappa shape index (κ1) is 18.2. The molecule has 0 unspecified atom stereocenters. The molecular weight excluding hydrogens is 357 g/mol. The van der Waals surface area contributed by atoms with Crippen LogP contribution in [0.5, 0.6) is 0 Å². The third-order valence-electron chi connectivity index (χ3n) is 4.42. The summed E-state index contributed by atoms with van der Waals surface area (Å²) < 4.78 is 0. The van der Waals surface area contributed by atoms with Crippen molar-refractivity contribution in [2.24, 2.45) is 0 Å². The predicted octanol–water partition coefficient (Wildman–Crippen LogP) is 4.04. The fourth-order valence-corrected chi connectivity index (χ4v) is 3.34. The molecule has 0 aliphatic carbocycles. The highest BCUT2D eigenvalue weighted by atomic mass is 35.5. The summed E-state index contributed by atoms with van der Waals surface area (Å²) in [4.78, 5) is 21.0. The van der Waals surface area contributed by atoms with Crippen LogP contribution in [-0.4, -0.2) is 46.9 Å². The summed E-state index contributed by atoms with van der Waals surface area (Å²) in [7, 11) is 0. The molecule has 0 spiro atoms. The fraction of sp³-hybridized carbons (Fsp3) is 0.368.